The van der Waals surface area contributed by atoms with Crippen molar-refractivity contribution < 1.29 is 8.42 Å². The largest absolute Gasteiger partial charge is 0.314 e. The molecule has 0 unspecified atom stereocenters. The van der Waals surface area contributed by atoms with E-state index >= 15 is 0 Å². The first-order chi connectivity index (χ1) is 5.58. The van der Waals surface area contributed by atoms with Gasteiger partial charge in [-0.15, -0.1) is 12.4 Å². The topological polar surface area (TPSA) is 75.4 Å². The maximum Gasteiger partial charge on any atom is 0.210 e. The Morgan fingerprint density at radius 1 is 1.31 bits per heavy atom. The first kappa shape index (κ1) is 13.1. The first-order valence-electron chi connectivity index (χ1n) is 4.01. The summed E-state index contributed by atoms with van der Waals surface area (Å²) in [6.07, 6.45) is 0. The molecular weight excluding hydrogens is 214 g/mol. The van der Waals surface area contributed by atoms with Crippen LogP contribution in [-0.4, -0.2) is 51.8 Å². The van der Waals surface area contributed by atoms with Gasteiger partial charge in [0.15, 0.2) is 0 Å². The molecule has 5 nitrogen and oxygen atoms in total. The van der Waals surface area contributed by atoms with Crippen molar-refractivity contribution in [3.63, 3.8) is 0 Å². The summed E-state index contributed by atoms with van der Waals surface area (Å²) in [5.74, 6) is 0.0625. The van der Waals surface area contributed by atoms with Crippen LogP contribution in [-0.2, 0) is 10.0 Å². The predicted octanol–water partition coefficient (Wildman–Crippen LogP) is -1.40. The van der Waals surface area contributed by atoms with Gasteiger partial charge >= 0.3 is 0 Å². The zero-order chi connectivity index (χ0) is 9.03. The van der Waals surface area contributed by atoms with Crippen molar-refractivity contribution >= 4 is 22.4 Å². The minimum Gasteiger partial charge on any atom is -0.314 e. The molecule has 0 aromatic carbocycles. The predicted molar refractivity (Wildman–Crippen MR) is 54.5 cm³/mol. The molecule has 1 aliphatic heterocycles. The molecule has 1 saturated heterocycles. The Bertz CT molecular complexity index is 226. The van der Waals surface area contributed by atoms with Gasteiger partial charge in [-0.1, -0.05) is 0 Å². The highest BCUT2D eigenvalue weighted by atomic mass is 35.5. The number of rotatable bonds is 3. The molecule has 0 aromatic heterocycles. The van der Waals surface area contributed by atoms with Gasteiger partial charge in [-0.05, 0) is 0 Å². The van der Waals surface area contributed by atoms with Crippen LogP contribution < -0.4 is 10.5 Å². The normalized spacial score (nSPS) is 19.5. The smallest absolute Gasteiger partial charge is 0.210 e. The van der Waals surface area contributed by atoms with Gasteiger partial charge in [-0.2, -0.15) is 0 Å². The summed E-state index contributed by atoms with van der Waals surface area (Å²) in [6.45, 7) is 4.25. The van der Waals surface area contributed by atoms with E-state index in [0.717, 1.165) is 26.2 Å². The molecule has 80 valence electrons. The number of nitrogens with zero attached hydrogens (tertiary/aromatic N) is 1. The van der Waals surface area contributed by atoms with E-state index in [4.69, 9.17) is 5.14 Å². The number of piperazine rings is 1. The standard InChI is InChI=1S/C6H15N3O2S.ClH/c7-12(10,11)6-5-9-3-1-8-2-4-9;/h8H,1-6H2,(H2,7,10,11);1H. The fourth-order valence-electron chi connectivity index (χ4n) is 1.19. The fourth-order valence-corrected chi connectivity index (χ4v) is 1.70. The molecule has 0 bridgehead atoms. The molecule has 0 aliphatic carbocycles. The highest BCUT2D eigenvalue weighted by Gasteiger charge is 2.11. The highest BCUT2D eigenvalue weighted by Crippen LogP contribution is 1.92. The van der Waals surface area contributed by atoms with Crippen LogP contribution in [0.4, 0.5) is 0 Å². The van der Waals surface area contributed by atoms with E-state index in [9.17, 15) is 8.42 Å². The van der Waals surface area contributed by atoms with Crippen LogP contribution in [0.5, 0.6) is 0 Å². The van der Waals surface area contributed by atoms with E-state index in [-0.39, 0.29) is 18.2 Å². The second-order valence-electron chi connectivity index (χ2n) is 2.96. The van der Waals surface area contributed by atoms with E-state index in [2.05, 4.69) is 10.2 Å². The lowest BCUT2D eigenvalue weighted by molar-refractivity contribution is 0.254. The Morgan fingerprint density at radius 2 is 1.85 bits per heavy atom. The quantitative estimate of drug-likeness (QED) is 0.625. The van der Waals surface area contributed by atoms with Gasteiger partial charge in [0.05, 0.1) is 5.75 Å². The number of hydrogen-bond donors (Lipinski definition) is 2. The molecule has 1 fully saturated rings. The highest BCUT2D eigenvalue weighted by molar-refractivity contribution is 7.89. The van der Waals surface area contributed by atoms with E-state index in [1.165, 1.54) is 0 Å². The van der Waals surface area contributed by atoms with Gasteiger partial charge in [-0.25, -0.2) is 13.6 Å². The summed E-state index contributed by atoms with van der Waals surface area (Å²) in [7, 11) is -3.29. The number of sulfonamides is 1. The van der Waals surface area contributed by atoms with Crippen molar-refractivity contribution in [1.29, 1.82) is 0 Å². The van der Waals surface area contributed by atoms with Gasteiger partial charge in [-0.3, -0.25) is 4.90 Å². The molecule has 0 saturated carbocycles. The van der Waals surface area contributed by atoms with E-state index in [1.807, 2.05) is 0 Å². The molecule has 7 heteroatoms. The van der Waals surface area contributed by atoms with Crippen LogP contribution in [0.3, 0.4) is 0 Å². The Kier molecular flexibility index (Phi) is 5.82. The van der Waals surface area contributed by atoms with Crippen LogP contribution in [0.25, 0.3) is 0 Å². The first-order valence-corrected chi connectivity index (χ1v) is 5.73. The number of hydrogen-bond acceptors (Lipinski definition) is 4. The Morgan fingerprint density at radius 3 is 2.31 bits per heavy atom. The molecule has 13 heavy (non-hydrogen) atoms. The van der Waals surface area contributed by atoms with Gasteiger partial charge in [0.25, 0.3) is 0 Å². The summed E-state index contributed by atoms with van der Waals surface area (Å²) in [5.41, 5.74) is 0. The molecule has 0 atom stereocenters. The zero-order valence-electron chi connectivity index (χ0n) is 7.40. The van der Waals surface area contributed by atoms with Crippen LogP contribution in [0, 0.1) is 0 Å². The zero-order valence-corrected chi connectivity index (χ0v) is 9.03. The Hall–Kier alpha value is 0.120. The van der Waals surface area contributed by atoms with Crippen LogP contribution >= 0.6 is 12.4 Å². The monoisotopic (exact) mass is 229 g/mol. The van der Waals surface area contributed by atoms with Crippen LogP contribution in [0.2, 0.25) is 0 Å². The van der Waals surface area contributed by atoms with E-state index in [1.54, 1.807) is 0 Å². The maximum atomic E-state index is 10.6. The SMILES string of the molecule is Cl.NS(=O)(=O)CCN1CCNCC1. The minimum absolute atomic E-state index is 0. The van der Waals surface area contributed by atoms with E-state index in [0.29, 0.717) is 6.54 Å². The fraction of sp³-hybridized carbons (Fsp3) is 1.00. The lowest BCUT2D eigenvalue weighted by Crippen LogP contribution is -2.45. The molecule has 0 spiro atoms. The Labute approximate surface area is 85.1 Å². The molecule has 0 amide bonds. The summed E-state index contributed by atoms with van der Waals surface area (Å²) in [5, 5.41) is 8.07. The molecule has 1 heterocycles. The van der Waals surface area contributed by atoms with Crippen molar-refractivity contribution in [2.75, 3.05) is 38.5 Å². The number of nitrogens with two attached hydrogens (primary N) is 1. The summed E-state index contributed by atoms with van der Waals surface area (Å²) < 4.78 is 21.2. The third kappa shape index (κ3) is 6.23. The third-order valence-electron chi connectivity index (χ3n) is 1.90. The molecular formula is C6H16ClN3O2S. The third-order valence-corrected chi connectivity index (χ3v) is 2.65. The van der Waals surface area contributed by atoms with Crippen molar-refractivity contribution in [3.8, 4) is 0 Å². The molecule has 3 N–H and O–H groups in total. The average molecular weight is 230 g/mol. The summed E-state index contributed by atoms with van der Waals surface area (Å²) in [6, 6.07) is 0. The van der Waals surface area contributed by atoms with Gasteiger partial charge in [0.2, 0.25) is 10.0 Å². The number of halogens is 1. The van der Waals surface area contributed by atoms with Crippen molar-refractivity contribution in [2.45, 2.75) is 0 Å². The maximum absolute atomic E-state index is 10.6. The summed E-state index contributed by atoms with van der Waals surface area (Å²) in [4.78, 5) is 2.10. The van der Waals surface area contributed by atoms with Crippen molar-refractivity contribution in [3.05, 3.63) is 0 Å². The molecule has 0 radical (unpaired) electrons. The van der Waals surface area contributed by atoms with Crippen molar-refractivity contribution in [2.24, 2.45) is 5.14 Å². The van der Waals surface area contributed by atoms with Gasteiger partial charge in [0.1, 0.15) is 0 Å². The lowest BCUT2D eigenvalue weighted by atomic mass is 10.4. The number of nitrogens with one attached hydrogen (secondary N) is 1. The molecule has 1 aliphatic rings. The van der Waals surface area contributed by atoms with Gasteiger partial charge in [0, 0.05) is 32.7 Å². The van der Waals surface area contributed by atoms with Crippen LogP contribution in [0.1, 0.15) is 0 Å². The average Bonchev–Trinajstić information content (AvgIpc) is 2.02. The second-order valence-corrected chi connectivity index (χ2v) is 4.69. The lowest BCUT2D eigenvalue weighted by Gasteiger charge is -2.26. The Balaban J connectivity index is 0.00000144. The molecule has 1 rings (SSSR count). The summed E-state index contributed by atoms with van der Waals surface area (Å²) >= 11 is 0. The number of primary sulfonamides is 1. The van der Waals surface area contributed by atoms with Crippen molar-refractivity contribution in [1.82, 2.24) is 10.2 Å². The molecule has 0 aromatic rings. The van der Waals surface area contributed by atoms with Gasteiger partial charge < -0.3 is 5.32 Å². The minimum atomic E-state index is -3.29. The van der Waals surface area contributed by atoms with Crippen LogP contribution in [0.15, 0.2) is 0 Å². The second kappa shape index (κ2) is 5.77. The van der Waals surface area contributed by atoms with E-state index < -0.39 is 10.0 Å².